The van der Waals surface area contributed by atoms with Gasteiger partial charge >= 0.3 is 6.09 Å². The summed E-state index contributed by atoms with van der Waals surface area (Å²) in [7, 11) is 1.70. The number of nitrogens with zero attached hydrogens (tertiary/aromatic N) is 5. The standard InChI is InChI=1S/C23H29FN6O2/c1-14-6-9-17(30(22(31)32)23(2,3)4)13-29(14)20-11-19(27-21(26-5)28-20)15-7-8-16(12-25)18(24)10-15/h7-8,10-11,14,17H,6,9,13H2,1-5H3,(H,31,32)(H,26,27,28)/t14-,17+/m0/s1. The number of rotatable bonds is 4. The lowest BCUT2D eigenvalue weighted by Gasteiger charge is -2.46. The fraction of sp³-hybridized carbons (Fsp3) is 0.478. The second kappa shape index (κ2) is 8.99. The maximum Gasteiger partial charge on any atom is 0.408 e. The van der Waals surface area contributed by atoms with Crippen molar-refractivity contribution in [3.63, 3.8) is 0 Å². The van der Waals surface area contributed by atoms with Crippen LogP contribution in [0.1, 0.15) is 46.1 Å². The monoisotopic (exact) mass is 440 g/mol. The number of carboxylic acid groups (broad SMARTS) is 1. The van der Waals surface area contributed by atoms with Gasteiger partial charge in [-0.1, -0.05) is 6.07 Å². The van der Waals surface area contributed by atoms with Crippen LogP contribution < -0.4 is 10.2 Å². The molecule has 1 fully saturated rings. The van der Waals surface area contributed by atoms with Gasteiger partial charge in [-0.15, -0.1) is 0 Å². The molecule has 0 aliphatic carbocycles. The molecule has 2 atom stereocenters. The Balaban J connectivity index is 2.00. The van der Waals surface area contributed by atoms with Crippen molar-refractivity contribution in [1.82, 2.24) is 14.9 Å². The second-order valence-electron chi connectivity index (χ2n) is 9.05. The summed E-state index contributed by atoms with van der Waals surface area (Å²) in [5.74, 6) is 0.410. The molecule has 1 aromatic heterocycles. The van der Waals surface area contributed by atoms with Gasteiger partial charge in [-0.25, -0.2) is 14.2 Å². The Kier molecular flexibility index (Phi) is 6.53. The summed E-state index contributed by atoms with van der Waals surface area (Å²) in [6.45, 7) is 8.26. The maximum absolute atomic E-state index is 14.2. The van der Waals surface area contributed by atoms with E-state index in [1.165, 1.54) is 17.0 Å². The Morgan fingerprint density at radius 1 is 1.31 bits per heavy atom. The van der Waals surface area contributed by atoms with Crippen molar-refractivity contribution < 1.29 is 14.3 Å². The van der Waals surface area contributed by atoms with Crippen LogP contribution in [0.2, 0.25) is 0 Å². The molecule has 0 saturated carbocycles. The first kappa shape index (κ1) is 23.3. The molecule has 0 bridgehead atoms. The largest absolute Gasteiger partial charge is 0.465 e. The Labute approximate surface area is 187 Å². The van der Waals surface area contributed by atoms with Gasteiger partial charge in [-0.05, 0) is 52.7 Å². The molecule has 1 aliphatic rings. The molecular weight excluding hydrogens is 411 g/mol. The number of halogens is 1. The fourth-order valence-corrected chi connectivity index (χ4v) is 4.21. The van der Waals surface area contributed by atoms with Crippen LogP contribution >= 0.6 is 0 Å². The minimum Gasteiger partial charge on any atom is -0.465 e. The predicted molar refractivity (Wildman–Crippen MR) is 121 cm³/mol. The Hall–Kier alpha value is -3.41. The summed E-state index contributed by atoms with van der Waals surface area (Å²) in [6.07, 6.45) is 0.632. The number of nitrogens with one attached hydrogen (secondary N) is 1. The van der Waals surface area contributed by atoms with Crippen LogP contribution in [0.25, 0.3) is 11.3 Å². The number of carbonyl (C=O) groups is 1. The zero-order valence-corrected chi connectivity index (χ0v) is 19.1. The number of anilines is 2. The highest BCUT2D eigenvalue weighted by Crippen LogP contribution is 2.32. The lowest BCUT2D eigenvalue weighted by molar-refractivity contribution is 0.0621. The summed E-state index contributed by atoms with van der Waals surface area (Å²) in [4.78, 5) is 24.7. The number of aromatic nitrogens is 2. The van der Waals surface area contributed by atoms with E-state index in [0.29, 0.717) is 29.6 Å². The second-order valence-corrected chi connectivity index (χ2v) is 9.05. The number of nitriles is 1. The van der Waals surface area contributed by atoms with Crippen LogP contribution in [-0.2, 0) is 0 Å². The number of benzene rings is 1. The molecule has 8 nitrogen and oxygen atoms in total. The first-order valence-corrected chi connectivity index (χ1v) is 10.6. The Morgan fingerprint density at radius 3 is 2.59 bits per heavy atom. The van der Waals surface area contributed by atoms with Crippen LogP contribution in [0.15, 0.2) is 24.3 Å². The predicted octanol–water partition coefficient (Wildman–Crippen LogP) is 4.33. The number of hydrogen-bond donors (Lipinski definition) is 2. The molecule has 0 spiro atoms. The summed E-state index contributed by atoms with van der Waals surface area (Å²) < 4.78 is 14.2. The molecule has 1 aliphatic heterocycles. The molecule has 1 amide bonds. The van der Waals surface area contributed by atoms with E-state index in [9.17, 15) is 14.3 Å². The molecule has 2 N–H and O–H groups in total. The first-order chi connectivity index (χ1) is 15.0. The van der Waals surface area contributed by atoms with Gasteiger partial charge in [0.25, 0.3) is 0 Å². The number of piperidine rings is 1. The Bertz CT molecular complexity index is 1050. The van der Waals surface area contributed by atoms with E-state index in [2.05, 4.69) is 27.1 Å². The average Bonchev–Trinajstić information content (AvgIpc) is 2.73. The van der Waals surface area contributed by atoms with Crippen molar-refractivity contribution in [3.05, 3.63) is 35.6 Å². The van der Waals surface area contributed by atoms with Gasteiger partial charge in [-0.3, -0.25) is 4.90 Å². The minimum absolute atomic E-state index is 0.0275. The van der Waals surface area contributed by atoms with E-state index in [1.807, 2.05) is 26.8 Å². The summed E-state index contributed by atoms with van der Waals surface area (Å²) in [5.41, 5.74) is 0.489. The molecule has 1 saturated heterocycles. The highest BCUT2D eigenvalue weighted by molar-refractivity contribution is 5.68. The topological polar surface area (TPSA) is 105 Å². The molecule has 32 heavy (non-hydrogen) atoms. The van der Waals surface area contributed by atoms with Gasteiger partial charge in [0, 0.05) is 36.8 Å². The van der Waals surface area contributed by atoms with E-state index >= 15 is 0 Å². The molecule has 0 radical (unpaired) electrons. The molecule has 2 aromatic rings. The molecular formula is C23H29FN6O2. The molecule has 170 valence electrons. The third-order valence-electron chi connectivity index (χ3n) is 5.77. The average molecular weight is 441 g/mol. The van der Waals surface area contributed by atoms with Crippen molar-refractivity contribution in [1.29, 1.82) is 5.26 Å². The first-order valence-electron chi connectivity index (χ1n) is 10.6. The van der Waals surface area contributed by atoms with Gasteiger partial charge in [0.15, 0.2) is 0 Å². The highest BCUT2D eigenvalue weighted by atomic mass is 19.1. The van der Waals surface area contributed by atoms with Crippen LogP contribution in [-0.4, -0.2) is 57.3 Å². The van der Waals surface area contributed by atoms with Gasteiger partial charge in [-0.2, -0.15) is 10.2 Å². The van der Waals surface area contributed by atoms with Crippen molar-refractivity contribution in [3.8, 4) is 17.3 Å². The molecule has 1 aromatic carbocycles. The smallest absolute Gasteiger partial charge is 0.408 e. The van der Waals surface area contributed by atoms with E-state index < -0.39 is 17.4 Å². The van der Waals surface area contributed by atoms with E-state index in [1.54, 1.807) is 19.2 Å². The van der Waals surface area contributed by atoms with E-state index in [4.69, 9.17) is 5.26 Å². The van der Waals surface area contributed by atoms with E-state index in [-0.39, 0.29) is 17.6 Å². The van der Waals surface area contributed by atoms with Crippen molar-refractivity contribution in [2.45, 2.75) is 58.2 Å². The lowest BCUT2D eigenvalue weighted by Crippen LogP contribution is -2.58. The van der Waals surface area contributed by atoms with Crippen LogP contribution in [0, 0.1) is 17.1 Å². The van der Waals surface area contributed by atoms with Crippen molar-refractivity contribution >= 4 is 17.9 Å². The van der Waals surface area contributed by atoms with Gasteiger partial charge in [0.05, 0.1) is 17.3 Å². The minimum atomic E-state index is -0.940. The Morgan fingerprint density at radius 2 is 2.03 bits per heavy atom. The zero-order valence-electron chi connectivity index (χ0n) is 19.1. The molecule has 2 heterocycles. The van der Waals surface area contributed by atoms with Crippen LogP contribution in [0.4, 0.5) is 21.0 Å². The summed E-state index contributed by atoms with van der Waals surface area (Å²) >= 11 is 0. The molecule has 0 unspecified atom stereocenters. The van der Waals surface area contributed by atoms with Gasteiger partial charge in [0.2, 0.25) is 5.95 Å². The van der Waals surface area contributed by atoms with Crippen molar-refractivity contribution in [2.75, 3.05) is 23.8 Å². The normalized spacial score (nSPS) is 18.7. The fourth-order valence-electron chi connectivity index (χ4n) is 4.21. The summed E-state index contributed by atoms with van der Waals surface area (Å²) in [5, 5.41) is 21.8. The van der Waals surface area contributed by atoms with Crippen LogP contribution in [0.5, 0.6) is 0 Å². The van der Waals surface area contributed by atoms with Gasteiger partial charge < -0.3 is 15.3 Å². The number of amides is 1. The quantitative estimate of drug-likeness (QED) is 0.729. The van der Waals surface area contributed by atoms with Crippen molar-refractivity contribution in [2.24, 2.45) is 0 Å². The third kappa shape index (κ3) is 4.74. The highest BCUT2D eigenvalue weighted by Gasteiger charge is 2.38. The van der Waals surface area contributed by atoms with Crippen LogP contribution in [0.3, 0.4) is 0 Å². The maximum atomic E-state index is 14.2. The third-order valence-corrected chi connectivity index (χ3v) is 5.77. The zero-order chi connectivity index (χ0) is 23.6. The number of hydrogen-bond acceptors (Lipinski definition) is 6. The lowest BCUT2D eigenvalue weighted by atomic mass is 9.94. The summed E-state index contributed by atoms with van der Waals surface area (Å²) in [6, 6.07) is 7.93. The van der Waals surface area contributed by atoms with E-state index in [0.717, 1.165) is 12.8 Å². The molecule has 9 heteroatoms. The molecule has 3 rings (SSSR count). The SMILES string of the molecule is CNc1nc(-c2ccc(C#N)c(F)c2)cc(N2C[C@H](N(C(=O)O)C(C)(C)C)CC[C@@H]2C)n1. The van der Waals surface area contributed by atoms with Gasteiger partial charge in [0.1, 0.15) is 17.7 Å².